The van der Waals surface area contributed by atoms with Crippen molar-refractivity contribution < 1.29 is 4.79 Å². The molecule has 5 nitrogen and oxygen atoms in total. The Morgan fingerprint density at radius 3 is 2.52 bits per heavy atom. The molecule has 1 amide bonds. The minimum Gasteiger partial charge on any atom is -0.352 e. The molecule has 0 aliphatic heterocycles. The zero-order chi connectivity index (χ0) is 19.9. The molecule has 0 N–H and O–H groups in total. The Morgan fingerprint density at radius 1 is 1.26 bits per heavy atom. The molecule has 3 aromatic rings. The van der Waals surface area contributed by atoms with Crippen LogP contribution in [-0.4, -0.2) is 31.0 Å². The average Bonchev–Trinajstić information content (AvgIpc) is 3.08. The highest BCUT2D eigenvalue weighted by Gasteiger charge is 2.22. The quantitative estimate of drug-likeness (QED) is 0.637. The summed E-state index contributed by atoms with van der Waals surface area (Å²) in [7, 11) is 2.05. The van der Waals surface area contributed by atoms with E-state index in [9.17, 15) is 4.79 Å². The number of hydrogen-bond donors (Lipinski definition) is 0. The first-order valence-electron chi connectivity index (χ1n) is 9.33. The fourth-order valence-electron chi connectivity index (χ4n) is 3.47. The maximum absolute atomic E-state index is 13.3. The second kappa shape index (κ2) is 7.39. The van der Waals surface area contributed by atoms with E-state index in [-0.39, 0.29) is 11.9 Å². The van der Waals surface area contributed by atoms with Crippen molar-refractivity contribution in [2.24, 2.45) is 7.05 Å². The van der Waals surface area contributed by atoms with Gasteiger partial charge in [-0.1, -0.05) is 0 Å². The van der Waals surface area contributed by atoms with Gasteiger partial charge in [-0.2, -0.15) is 0 Å². The van der Waals surface area contributed by atoms with Crippen LogP contribution in [0.4, 0.5) is 0 Å². The normalized spacial score (nSPS) is 11.6. The smallest absolute Gasteiger partial charge is 0.254 e. The monoisotopic (exact) mass is 386 g/mol. The molecule has 2 heterocycles. The van der Waals surface area contributed by atoms with Gasteiger partial charge in [0.05, 0.1) is 11.0 Å². The lowest BCUT2D eigenvalue weighted by Crippen LogP contribution is -2.36. The first-order valence-corrected chi connectivity index (χ1v) is 9.70. The first kappa shape index (κ1) is 19.5. The number of nitrogens with zero attached hydrogens (tertiary/aromatic N) is 4. The summed E-state index contributed by atoms with van der Waals surface area (Å²) in [6.07, 6.45) is 0. The molecule has 0 saturated carbocycles. The lowest BCUT2D eigenvalue weighted by molar-refractivity contribution is 0.0690. The van der Waals surface area contributed by atoms with Crippen LogP contribution in [0, 0.1) is 13.8 Å². The van der Waals surface area contributed by atoms with Gasteiger partial charge < -0.3 is 14.0 Å². The summed E-state index contributed by atoms with van der Waals surface area (Å²) < 4.78 is 4.09. The number of carbonyl (C=O) groups is 1. The third kappa shape index (κ3) is 3.48. The van der Waals surface area contributed by atoms with E-state index in [2.05, 4.69) is 36.5 Å². The Morgan fingerprint density at radius 2 is 1.96 bits per heavy atom. The maximum Gasteiger partial charge on any atom is 0.254 e. The van der Waals surface area contributed by atoms with Gasteiger partial charge in [0, 0.05) is 43.1 Å². The molecule has 1 aromatic carbocycles. The molecule has 0 unspecified atom stereocenters. The van der Waals surface area contributed by atoms with Gasteiger partial charge in [-0.05, 0) is 76.0 Å². The molecule has 0 aliphatic rings. The Labute approximate surface area is 165 Å². The van der Waals surface area contributed by atoms with Crippen LogP contribution in [0.3, 0.4) is 0 Å². The largest absolute Gasteiger partial charge is 0.352 e. The predicted octanol–water partition coefficient (Wildman–Crippen LogP) is 4.72. The zero-order valence-corrected chi connectivity index (χ0v) is 17.6. The van der Waals surface area contributed by atoms with Crippen molar-refractivity contribution in [1.29, 1.82) is 0 Å². The summed E-state index contributed by atoms with van der Waals surface area (Å²) in [5.41, 5.74) is 5.90. The van der Waals surface area contributed by atoms with Gasteiger partial charge in [0.25, 0.3) is 5.91 Å². The molecular weight excluding hydrogens is 360 g/mol. The first-order chi connectivity index (χ1) is 12.7. The van der Waals surface area contributed by atoms with Crippen LogP contribution in [0.15, 0.2) is 24.3 Å². The molecule has 144 valence electrons. The Kier molecular flexibility index (Phi) is 5.33. The number of fused-ring (bicyclic) bond motifs is 1. The molecule has 0 fully saturated rings. The lowest BCUT2D eigenvalue weighted by Gasteiger charge is -2.27. The molecule has 0 atom stereocenters. The molecule has 0 bridgehead atoms. The highest BCUT2D eigenvalue weighted by molar-refractivity contribution is 6.29. The zero-order valence-electron chi connectivity index (χ0n) is 16.9. The van der Waals surface area contributed by atoms with Crippen LogP contribution in [0.25, 0.3) is 11.0 Å². The molecule has 6 heteroatoms. The summed E-state index contributed by atoms with van der Waals surface area (Å²) >= 11 is 6.21. The van der Waals surface area contributed by atoms with Crippen molar-refractivity contribution >= 4 is 28.5 Å². The van der Waals surface area contributed by atoms with Crippen molar-refractivity contribution in [2.45, 2.75) is 53.8 Å². The summed E-state index contributed by atoms with van der Waals surface area (Å²) in [6, 6.07) is 7.89. The second-order valence-corrected chi connectivity index (χ2v) is 7.65. The van der Waals surface area contributed by atoms with E-state index in [4.69, 9.17) is 11.6 Å². The van der Waals surface area contributed by atoms with E-state index < -0.39 is 0 Å². The number of hydrogen-bond acceptors (Lipinski definition) is 2. The second-order valence-electron chi connectivity index (χ2n) is 7.31. The van der Waals surface area contributed by atoms with Crippen molar-refractivity contribution in [2.75, 3.05) is 0 Å². The summed E-state index contributed by atoms with van der Waals surface area (Å²) in [6.45, 7) is 11.6. The standard InChI is InChI=1S/C21H27ClN4O/c1-7-25-19-9-8-16(11-18(19)23-21(25)22)20(27)26(13(2)3)12-17-10-14(4)24(6)15(17)5/h8-11,13H,7,12H2,1-6H3. The topological polar surface area (TPSA) is 43.1 Å². The fourth-order valence-corrected chi connectivity index (χ4v) is 3.77. The molecule has 0 radical (unpaired) electrons. The number of rotatable bonds is 5. The fraction of sp³-hybridized carbons (Fsp3) is 0.429. The Bertz CT molecular complexity index is 999. The molecule has 3 rings (SSSR count). The maximum atomic E-state index is 13.3. The van der Waals surface area contributed by atoms with E-state index in [0.29, 0.717) is 17.4 Å². The number of carbonyl (C=O) groups excluding carboxylic acids is 1. The van der Waals surface area contributed by atoms with Crippen LogP contribution < -0.4 is 0 Å². The van der Waals surface area contributed by atoms with E-state index in [1.54, 1.807) is 0 Å². The van der Waals surface area contributed by atoms with E-state index in [0.717, 1.165) is 17.6 Å². The molecule has 0 spiro atoms. The van der Waals surface area contributed by atoms with Crippen molar-refractivity contribution in [3.63, 3.8) is 0 Å². The van der Waals surface area contributed by atoms with Crippen LogP contribution in [0.2, 0.25) is 5.28 Å². The van der Waals surface area contributed by atoms with Crippen LogP contribution in [-0.2, 0) is 20.1 Å². The third-order valence-corrected chi connectivity index (χ3v) is 5.66. The molecule has 27 heavy (non-hydrogen) atoms. The average molecular weight is 387 g/mol. The minimum atomic E-state index is 0.00924. The summed E-state index contributed by atoms with van der Waals surface area (Å²) in [5, 5.41) is 0.452. The van der Waals surface area contributed by atoms with Gasteiger partial charge in [-0.15, -0.1) is 0 Å². The van der Waals surface area contributed by atoms with E-state index in [1.165, 1.54) is 17.0 Å². The number of imidazole rings is 1. The number of amides is 1. The third-order valence-electron chi connectivity index (χ3n) is 5.37. The summed E-state index contributed by atoms with van der Waals surface area (Å²) in [4.78, 5) is 19.6. The highest BCUT2D eigenvalue weighted by Crippen LogP contribution is 2.23. The van der Waals surface area contributed by atoms with Crippen molar-refractivity contribution in [1.82, 2.24) is 19.0 Å². The molecule has 0 aliphatic carbocycles. The van der Waals surface area contributed by atoms with Gasteiger partial charge in [0.2, 0.25) is 5.28 Å². The van der Waals surface area contributed by atoms with Gasteiger partial charge in [0.15, 0.2) is 0 Å². The number of benzene rings is 1. The van der Waals surface area contributed by atoms with Gasteiger partial charge in [-0.25, -0.2) is 4.98 Å². The molecular formula is C21H27ClN4O. The van der Waals surface area contributed by atoms with Crippen molar-refractivity contribution in [3.8, 4) is 0 Å². The van der Waals surface area contributed by atoms with E-state index in [1.807, 2.05) is 48.4 Å². The van der Waals surface area contributed by atoms with Crippen LogP contribution in [0.5, 0.6) is 0 Å². The SMILES string of the molecule is CCn1c(Cl)nc2cc(C(=O)N(Cc3cc(C)n(C)c3C)C(C)C)ccc21. The minimum absolute atomic E-state index is 0.00924. The van der Waals surface area contributed by atoms with E-state index >= 15 is 0 Å². The number of aryl methyl sites for hydroxylation is 2. The van der Waals surface area contributed by atoms with Gasteiger partial charge in [0.1, 0.15) is 0 Å². The number of halogens is 1. The van der Waals surface area contributed by atoms with Gasteiger partial charge in [-0.3, -0.25) is 4.79 Å². The van der Waals surface area contributed by atoms with Crippen molar-refractivity contribution in [3.05, 3.63) is 52.1 Å². The number of aromatic nitrogens is 3. The summed E-state index contributed by atoms with van der Waals surface area (Å²) in [5.74, 6) is 0.00924. The van der Waals surface area contributed by atoms with Gasteiger partial charge >= 0.3 is 0 Å². The molecule has 0 saturated heterocycles. The van der Waals surface area contributed by atoms with Crippen LogP contribution in [0.1, 0.15) is 48.1 Å². The van der Waals surface area contributed by atoms with Crippen LogP contribution >= 0.6 is 11.6 Å². The highest BCUT2D eigenvalue weighted by atomic mass is 35.5. The Balaban J connectivity index is 1.95. The lowest BCUT2D eigenvalue weighted by atomic mass is 10.1. The Hall–Kier alpha value is -2.27. The predicted molar refractivity (Wildman–Crippen MR) is 110 cm³/mol. The molecule has 2 aromatic heterocycles.